The number of halogens is 1. The average molecular weight is 331 g/mol. The van der Waals surface area contributed by atoms with E-state index >= 15 is 0 Å². The van der Waals surface area contributed by atoms with E-state index in [1.807, 2.05) is 6.07 Å². The van der Waals surface area contributed by atoms with Crippen LogP contribution in [-0.4, -0.2) is 33.4 Å². The number of benzene rings is 1. The molecule has 2 aromatic rings. The van der Waals surface area contributed by atoms with Gasteiger partial charge in [0.25, 0.3) is 0 Å². The summed E-state index contributed by atoms with van der Waals surface area (Å²) in [4.78, 5) is 15.7. The van der Waals surface area contributed by atoms with Gasteiger partial charge >= 0.3 is 0 Å². The van der Waals surface area contributed by atoms with E-state index in [-0.39, 0.29) is 23.9 Å². The third-order valence-corrected chi connectivity index (χ3v) is 3.52. The zero-order chi connectivity index (χ0) is 16.5. The molecule has 0 aliphatic heterocycles. The van der Waals surface area contributed by atoms with Crippen LogP contribution in [0.2, 0.25) is 0 Å². The first-order chi connectivity index (χ1) is 11.2. The number of carbonyl (C=O) groups excluding carboxylic acids is 1. The van der Waals surface area contributed by atoms with E-state index in [0.717, 1.165) is 5.56 Å². The molecule has 0 aliphatic carbocycles. The monoisotopic (exact) mass is 331 g/mol. The lowest BCUT2D eigenvalue weighted by molar-refractivity contribution is -0.118. The van der Waals surface area contributed by atoms with Crippen LogP contribution in [0.15, 0.2) is 29.4 Å². The average Bonchev–Trinajstić information content (AvgIpc) is 3.01. The van der Waals surface area contributed by atoms with Gasteiger partial charge in [0.1, 0.15) is 11.6 Å². The summed E-state index contributed by atoms with van der Waals surface area (Å²) in [6, 6.07) is 8.03. The topological polar surface area (TPSA) is 94.5 Å². The van der Waals surface area contributed by atoms with Crippen molar-refractivity contribution < 1.29 is 9.18 Å². The van der Waals surface area contributed by atoms with E-state index in [0.29, 0.717) is 17.5 Å². The van der Waals surface area contributed by atoms with Crippen molar-refractivity contribution in [3.8, 4) is 6.07 Å². The fourth-order valence-electron chi connectivity index (χ4n) is 1.59. The Balaban J connectivity index is 1.82. The second-order valence-corrected chi connectivity index (χ2v) is 5.38. The van der Waals surface area contributed by atoms with Crippen molar-refractivity contribution in [1.29, 1.82) is 5.26 Å². The Bertz CT molecular complexity index is 720. The highest BCUT2D eigenvalue weighted by Gasteiger charge is 2.06. The van der Waals surface area contributed by atoms with Gasteiger partial charge in [-0.25, -0.2) is 9.37 Å². The lowest BCUT2D eigenvalue weighted by Gasteiger charge is -1.99. The molecule has 0 fully saturated rings. The summed E-state index contributed by atoms with van der Waals surface area (Å²) in [5, 5.41) is 18.2. The number of rotatable bonds is 7. The van der Waals surface area contributed by atoms with Gasteiger partial charge in [-0.15, -0.1) is 5.10 Å². The van der Waals surface area contributed by atoms with Crippen LogP contribution in [0.5, 0.6) is 0 Å². The van der Waals surface area contributed by atoms with E-state index in [9.17, 15) is 9.18 Å². The van der Waals surface area contributed by atoms with Gasteiger partial charge in [-0.3, -0.25) is 9.89 Å². The predicted molar refractivity (Wildman–Crippen MR) is 85.7 cm³/mol. The molecule has 8 heteroatoms. The normalized spacial score (nSPS) is 10.6. The van der Waals surface area contributed by atoms with Crippen LogP contribution in [0.3, 0.4) is 0 Å². The second-order valence-electron chi connectivity index (χ2n) is 4.43. The van der Waals surface area contributed by atoms with Gasteiger partial charge in [0.05, 0.1) is 18.2 Å². The fraction of sp³-hybridized carbons (Fsp3) is 0.200. The summed E-state index contributed by atoms with van der Waals surface area (Å²) < 4.78 is 12.8. The molecule has 1 aromatic heterocycles. The van der Waals surface area contributed by atoms with E-state index < -0.39 is 0 Å². The number of hydrogen-bond donors (Lipinski definition) is 2. The Hall–Kier alpha value is -2.66. The number of thioether (sulfide) groups is 1. The maximum atomic E-state index is 12.8. The minimum atomic E-state index is -0.284. The van der Waals surface area contributed by atoms with Crippen LogP contribution in [-0.2, 0) is 4.79 Å². The van der Waals surface area contributed by atoms with Crippen molar-refractivity contribution in [2.75, 3.05) is 12.3 Å². The summed E-state index contributed by atoms with van der Waals surface area (Å²) in [5.74, 6) is 0.276. The third-order valence-electron chi connectivity index (χ3n) is 2.68. The molecular formula is C15H14FN5OS. The highest BCUT2D eigenvalue weighted by atomic mass is 32.2. The summed E-state index contributed by atoms with van der Waals surface area (Å²) in [5.41, 5.74) is 0.842. The molecule has 1 aromatic carbocycles. The molecule has 0 bridgehead atoms. The Labute approximate surface area is 136 Å². The Kier molecular flexibility index (Phi) is 6.32. The molecule has 6 nitrogen and oxygen atoms in total. The summed E-state index contributed by atoms with van der Waals surface area (Å²) >= 11 is 1.20. The Morgan fingerprint density at radius 1 is 1.39 bits per heavy atom. The maximum absolute atomic E-state index is 12.8. The number of carbonyl (C=O) groups is 1. The SMILES string of the molecule is N#CCCNC(=O)CSc1n[nH]c(/C=C/c2ccc(F)cc2)n1. The van der Waals surface area contributed by atoms with Gasteiger partial charge in [-0.1, -0.05) is 30.0 Å². The maximum Gasteiger partial charge on any atom is 0.230 e. The standard InChI is InChI=1S/C15H14FN5OS/c16-12-5-2-11(3-6-12)4-7-13-19-15(21-20-13)23-10-14(22)18-9-1-8-17/h2-7H,1,9-10H2,(H,18,22)(H,19,20,21)/b7-4+. The molecule has 0 radical (unpaired) electrons. The largest absolute Gasteiger partial charge is 0.354 e. The van der Waals surface area contributed by atoms with Crippen LogP contribution in [0.4, 0.5) is 4.39 Å². The molecule has 0 aliphatic rings. The molecule has 0 unspecified atom stereocenters. The number of nitriles is 1. The molecule has 0 spiro atoms. The van der Waals surface area contributed by atoms with Crippen molar-refractivity contribution in [2.45, 2.75) is 11.6 Å². The van der Waals surface area contributed by atoms with Crippen molar-refractivity contribution >= 4 is 29.8 Å². The molecule has 0 saturated carbocycles. The molecule has 1 amide bonds. The quantitative estimate of drug-likeness (QED) is 0.599. The molecular weight excluding hydrogens is 317 g/mol. The van der Waals surface area contributed by atoms with Crippen molar-refractivity contribution in [1.82, 2.24) is 20.5 Å². The van der Waals surface area contributed by atoms with Crippen LogP contribution in [0.1, 0.15) is 17.8 Å². The molecule has 2 rings (SSSR count). The van der Waals surface area contributed by atoms with Gasteiger partial charge in [0.15, 0.2) is 0 Å². The Morgan fingerprint density at radius 2 is 2.17 bits per heavy atom. The van der Waals surface area contributed by atoms with Crippen LogP contribution >= 0.6 is 11.8 Å². The minimum Gasteiger partial charge on any atom is -0.354 e. The van der Waals surface area contributed by atoms with E-state index in [2.05, 4.69) is 20.5 Å². The molecule has 118 valence electrons. The minimum absolute atomic E-state index is 0.168. The van der Waals surface area contributed by atoms with Crippen molar-refractivity contribution in [3.63, 3.8) is 0 Å². The summed E-state index contributed by atoms with van der Waals surface area (Å²) in [6.45, 7) is 0.343. The number of aromatic amines is 1. The number of nitrogens with one attached hydrogen (secondary N) is 2. The van der Waals surface area contributed by atoms with Crippen molar-refractivity contribution in [3.05, 3.63) is 41.5 Å². The lowest BCUT2D eigenvalue weighted by Crippen LogP contribution is -2.25. The first kappa shape index (κ1) is 16.7. The molecule has 0 saturated heterocycles. The number of aromatic nitrogens is 3. The van der Waals surface area contributed by atoms with Crippen molar-refractivity contribution in [2.24, 2.45) is 0 Å². The van der Waals surface area contributed by atoms with Gasteiger partial charge in [-0.2, -0.15) is 5.26 Å². The van der Waals surface area contributed by atoms with Gasteiger partial charge in [-0.05, 0) is 23.8 Å². The number of H-pyrrole nitrogens is 1. The van der Waals surface area contributed by atoms with Gasteiger partial charge in [0.2, 0.25) is 11.1 Å². The molecule has 1 heterocycles. The highest BCUT2D eigenvalue weighted by molar-refractivity contribution is 7.99. The third kappa shape index (κ3) is 5.92. The predicted octanol–water partition coefficient (Wildman–Crippen LogP) is 2.24. The first-order valence-electron chi connectivity index (χ1n) is 6.80. The second kappa shape index (κ2) is 8.70. The molecule has 23 heavy (non-hydrogen) atoms. The molecule has 2 N–H and O–H groups in total. The number of amides is 1. The smallest absolute Gasteiger partial charge is 0.230 e. The molecule has 0 atom stereocenters. The van der Waals surface area contributed by atoms with Gasteiger partial charge in [0, 0.05) is 6.54 Å². The van der Waals surface area contributed by atoms with E-state index in [4.69, 9.17) is 5.26 Å². The first-order valence-corrected chi connectivity index (χ1v) is 7.78. The van der Waals surface area contributed by atoms with Crippen LogP contribution < -0.4 is 5.32 Å². The number of hydrogen-bond acceptors (Lipinski definition) is 5. The van der Waals surface area contributed by atoms with Crippen LogP contribution in [0, 0.1) is 17.1 Å². The summed E-state index contributed by atoms with van der Waals surface area (Å²) in [6.07, 6.45) is 3.79. The zero-order valence-corrected chi connectivity index (χ0v) is 12.9. The number of nitrogens with zero attached hydrogens (tertiary/aromatic N) is 3. The highest BCUT2D eigenvalue weighted by Crippen LogP contribution is 2.13. The fourth-order valence-corrected chi connectivity index (χ4v) is 2.22. The summed E-state index contributed by atoms with van der Waals surface area (Å²) in [7, 11) is 0. The zero-order valence-electron chi connectivity index (χ0n) is 12.1. The Morgan fingerprint density at radius 3 is 2.91 bits per heavy atom. The van der Waals surface area contributed by atoms with E-state index in [1.165, 1.54) is 23.9 Å². The van der Waals surface area contributed by atoms with Crippen LogP contribution in [0.25, 0.3) is 12.2 Å². The lowest BCUT2D eigenvalue weighted by atomic mass is 10.2. The van der Waals surface area contributed by atoms with Gasteiger partial charge < -0.3 is 5.32 Å². The van der Waals surface area contributed by atoms with E-state index in [1.54, 1.807) is 24.3 Å².